The Hall–Kier alpha value is -5.38. The van der Waals surface area contributed by atoms with Gasteiger partial charge < -0.3 is 10.1 Å². The van der Waals surface area contributed by atoms with E-state index >= 15 is 0 Å². The first-order chi connectivity index (χ1) is 20.8. The average molecular weight is 579 g/mol. The molecule has 3 heterocycles. The monoisotopic (exact) mass is 578 g/mol. The molecule has 8 nitrogen and oxygen atoms in total. The number of ether oxygens (including phenoxy) is 1. The highest BCUT2D eigenvalue weighted by Gasteiger charge is 2.23. The number of carbonyl (C=O) groups is 1. The molecule has 0 atom stereocenters. The summed E-state index contributed by atoms with van der Waals surface area (Å²) in [7, 11) is 0. The number of nitrogens with zero attached hydrogens (tertiary/aromatic N) is 5. The molecule has 216 valence electrons. The molecule has 0 saturated heterocycles. The van der Waals surface area contributed by atoms with Gasteiger partial charge in [0.05, 0.1) is 35.5 Å². The van der Waals surface area contributed by atoms with Crippen LogP contribution in [0.5, 0.6) is 11.5 Å². The standard InChI is InChI=1S/C33H28F2N6O2/c1-20-12-14-24(15-13-20)28-17-29(31(34)35)41-32(37-28)27(18-36-41)33(42)38-30-21(2)39-40(22(30)3)19-23-8-7-11-26(16-23)43-25-9-5-4-6-10-25/h4-18,31H,19H2,1-3H3,(H,38,42). The maximum absolute atomic E-state index is 14.0. The van der Waals surface area contributed by atoms with Gasteiger partial charge in [-0.25, -0.2) is 18.3 Å². The normalized spacial score (nSPS) is 11.3. The minimum Gasteiger partial charge on any atom is -0.457 e. The first-order valence-electron chi connectivity index (χ1n) is 13.7. The fourth-order valence-corrected chi connectivity index (χ4v) is 4.89. The van der Waals surface area contributed by atoms with Gasteiger partial charge >= 0.3 is 0 Å². The van der Waals surface area contributed by atoms with Gasteiger partial charge in [0.15, 0.2) is 5.65 Å². The van der Waals surface area contributed by atoms with E-state index in [2.05, 4.69) is 20.5 Å². The lowest BCUT2D eigenvalue weighted by Crippen LogP contribution is -2.14. The SMILES string of the molecule is Cc1ccc(-c2cc(C(F)F)n3ncc(C(=O)Nc4c(C)nn(Cc5cccc(Oc6ccccc6)c5)c4C)c3n2)cc1. The lowest BCUT2D eigenvalue weighted by molar-refractivity contribution is 0.102. The Kier molecular flexibility index (Phi) is 7.41. The molecule has 3 aromatic heterocycles. The van der Waals surface area contributed by atoms with E-state index in [4.69, 9.17) is 4.74 Å². The van der Waals surface area contributed by atoms with E-state index in [0.717, 1.165) is 27.1 Å². The molecular formula is C33H28F2N6O2. The molecule has 6 rings (SSSR count). The topological polar surface area (TPSA) is 86.3 Å². The predicted molar refractivity (Wildman–Crippen MR) is 160 cm³/mol. The summed E-state index contributed by atoms with van der Waals surface area (Å²) < 4.78 is 36.8. The van der Waals surface area contributed by atoms with E-state index in [1.165, 1.54) is 12.3 Å². The molecule has 0 aliphatic rings. The number of halogens is 2. The maximum Gasteiger partial charge on any atom is 0.280 e. The second-order valence-corrected chi connectivity index (χ2v) is 10.2. The molecule has 43 heavy (non-hydrogen) atoms. The van der Waals surface area contributed by atoms with Crippen molar-refractivity contribution < 1.29 is 18.3 Å². The minimum absolute atomic E-state index is 0.0452. The van der Waals surface area contributed by atoms with Crippen molar-refractivity contribution in [1.82, 2.24) is 24.4 Å². The number of alkyl halides is 2. The van der Waals surface area contributed by atoms with Crippen LogP contribution < -0.4 is 10.1 Å². The number of rotatable bonds is 8. The largest absolute Gasteiger partial charge is 0.457 e. The molecule has 0 saturated carbocycles. The van der Waals surface area contributed by atoms with E-state index in [9.17, 15) is 13.6 Å². The van der Waals surface area contributed by atoms with Gasteiger partial charge in [0.1, 0.15) is 22.8 Å². The van der Waals surface area contributed by atoms with Crippen LogP contribution in [0.1, 0.15) is 45.0 Å². The van der Waals surface area contributed by atoms with Crippen molar-refractivity contribution in [3.8, 4) is 22.8 Å². The lowest BCUT2D eigenvalue weighted by Gasteiger charge is -2.10. The van der Waals surface area contributed by atoms with Crippen LogP contribution in [0.2, 0.25) is 0 Å². The summed E-state index contributed by atoms with van der Waals surface area (Å²) in [5, 5.41) is 11.6. The zero-order valence-electron chi connectivity index (χ0n) is 23.8. The van der Waals surface area contributed by atoms with Gasteiger partial charge in [0.2, 0.25) is 0 Å². The number of para-hydroxylation sites is 1. The molecule has 1 N–H and O–H groups in total. The lowest BCUT2D eigenvalue weighted by atomic mass is 10.1. The first-order valence-corrected chi connectivity index (χ1v) is 13.7. The third kappa shape index (κ3) is 5.72. The number of benzene rings is 3. The second-order valence-electron chi connectivity index (χ2n) is 10.2. The van der Waals surface area contributed by atoms with Crippen LogP contribution in [0, 0.1) is 20.8 Å². The molecule has 0 fully saturated rings. The van der Waals surface area contributed by atoms with Crippen molar-refractivity contribution in [2.75, 3.05) is 5.32 Å². The summed E-state index contributed by atoms with van der Waals surface area (Å²) >= 11 is 0. The molecule has 0 spiro atoms. The molecule has 0 aliphatic carbocycles. The fraction of sp³-hybridized carbons (Fsp3) is 0.152. The molecule has 6 aromatic rings. The van der Waals surface area contributed by atoms with Gasteiger partial charge in [0.25, 0.3) is 12.3 Å². The van der Waals surface area contributed by atoms with E-state index in [1.54, 1.807) is 11.6 Å². The third-order valence-corrected chi connectivity index (χ3v) is 7.14. The Bertz CT molecular complexity index is 1930. The summed E-state index contributed by atoms with van der Waals surface area (Å²) in [6.45, 7) is 6.05. The molecule has 1 amide bonds. The molecular weight excluding hydrogens is 550 g/mol. The predicted octanol–water partition coefficient (Wildman–Crippen LogP) is 7.55. The van der Waals surface area contributed by atoms with E-state index < -0.39 is 12.3 Å². The second kappa shape index (κ2) is 11.5. The molecule has 0 unspecified atom stereocenters. The van der Waals surface area contributed by atoms with Crippen LogP contribution in [-0.4, -0.2) is 30.3 Å². The molecule has 3 aromatic carbocycles. The van der Waals surface area contributed by atoms with Crippen molar-refractivity contribution in [2.45, 2.75) is 33.7 Å². The Morgan fingerprint density at radius 3 is 2.42 bits per heavy atom. The van der Waals surface area contributed by atoms with Crippen LogP contribution in [-0.2, 0) is 6.54 Å². The van der Waals surface area contributed by atoms with Crippen molar-refractivity contribution >= 4 is 17.2 Å². The Morgan fingerprint density at radius 1 is 0.930 bits per heavy atom. The number of hydrogen-bond acceptors (Lipinski definition) is 5. The van der Waals surface area contributed by atoms with Gasteiger partial charge in [-0.05, 0) is 56.7 Å². The Morgan fingerprint density at radius 2 is 1.67 bits per heavy atom. The molecule has 0 aliphatic heterocycles. The number of aromatic nitrogens is 5. The Labute approximate surface area is 246 Å². The van der Waals surface area contributed by atoms with Crippen LogP contribution in [0.3, 0.4) is 0 Å². The number of hydrogen-bond donors (Lipinski definition) is 1. The fourth-order valence-electron chi connectivity index (χ4n) is 4.89. The summed E-state index contributed by atoms with van der Waals surface area (Å²) in [5.41, 5.74) is 4.64. The molecule has 0 radical (unpaired) electrons. The van der Waals surface area contributed by atoms with Crippen molar-refractivity contribution in [2.24, 2.45) is 0 Å². The number of carbonyl (C=O) groups excluding carboxylic acids is 1. The van der Waals surface area contributed by atoms with Gasteiger partial charge in [-0.3, -0.25) is 9.48 Å². The summed E-state index contributed by atoms with van der Waals surface area (Å²) in [4.78, 5) is 18.1. The Balaban J connectivity index is 1.27. The van der Waals surface area contributed by atoms with Crippen LogP contribution in [0.4, 0.5) is 14.5 Å². The van der Waals surface area contributed by atoms with Crippen molar-refractivity contribution in [3.05, 3.63) is 125 Å². The smallest absolute Gasteiger partial charge is 0.280 e. The van der Waals surface area contributed by atoms with Gasteiger partial charge in [0, 0.05) is 5.56 Å². The third-order valence-electron chi connectivity index (χ3n) is 7.14. The summed E-state index contributed by atoms with van der Waals surface area (Å²) in [6, 6.07) is 25.9. The van der Waals surface area contributed by atoms with E-state index in [-0.39, 0.29) is 16.9 Å². The number of nitrogens with one attached hydrogen (secondary N) is 1. The van der Waals surface area contributed by atoms with Gasteiger partial charge in [-0.15, -0.1) is 0 Å². The summed E-state index contributed by atoms with van der Waals surface area (Å²) in [6.07, 6.45) is -1.56. The van der Waals surface area contributed by atoms with Crippen molar-refractivity contribution in [1.29, 1.82) is 0 Å². The van der Waals surface area contributed by atoms with Crippen LogP contribution in [0.15, 0.2) is 91.1 Å². The minimum atomic E-state index is -2.81. The van der Waals surface area contributed by atoms with Crippen molar-refractivity contribution in [3.63, 3.8) is 0 Å². The zero-order valence-corrected chi connectivity index (χ0v) is 23.8. The van der Waals surface area contributed by atoms with Gasteiger partial charge in [-0.2, -0.15) is 10.2 Å². The molecule has 0 bridgehead atoms. The highest BCUT2D eigenvalue weighted by molar-refractivity contribution is 6.08. The summed E-state index contributed by atoms with van der Waals surface area (Å²) in [5.74, 6) is 0.921. The quantitative estimate of drug-likeness (QED) is 0.202. The number of aryl methyl sites for hydroxylation is 2. The van der Waals surface area contributed by atoms with E-state index in [0.29, 0.717) is 34.9 Å². The van der Waals surface area contributed by atoms with E-state index in [1.807, 2.05) is 92.7 Å². The number of fused-ring (bicyclic) bond motifs is 1. The average Bonchev–Trinajstić information content (AvgIpc) is 3.54. The maximum atomic E-state index is 14.0. The number of anilines is 1. The number of amides is 1. The van der Waals surface area contributed by atoms with Crippen LogP contribution in [0.25, 0.3) is 16.9 Å². The van der Waals surface area contributed by atoms with Crippen LogP contribution >= 0.6 is 0 Å². The highest BCUT2D eigenvalue weighted by Crippen LogP contribution is 2.29. The zero-order chi connectivity index (χ0) is 30.1. The van der Waals surface area contributed by atoms with Gasteiger partial charge in [-0.1, -0.05) is 60.2 Å². The molecule has 10 heteroatoms. The highest BCUT2D eigenvalue weighted by atomic mass is 19.3. The first kappa shape index (κ1) is 27.8.